The van der Waals surface area contributed by atoms with Crippen LogP contribution < -0.4 is 0 Å². The van der Waals surface area contributed by atoms with E-state index in [9.17, 15) is 5.11 Å². The van der Waals surface area contributed by atoms with Crippen molar-refractivity contribution < 1.29 is 9.84 Å². The molecule has 0 saturated heterocycles. The lowest BCUT2D eigenvalue weighted by Crippen LogP contribution is -2.15. The number of aliphatic hydroxyl groups excluding tert-OH is 1. The predicted molar refractivity (Wildman–Crippen MR) is 59.8 cm³/mol. The van der Waals surface area contributed by atoms with Crippen LogP contribution in [0.3, 0.4) is 0 Å². The molecule has 0 radical (unpaired) electrons. The van der Waals surface area contributed by atoms with Crippen molar-refractivity contribution in [3.8, 4) is 0 Å². The van der Waals surface area contributed by atoms with Crippen LogP contribution in [0.5, 0.6) is 0 Å². The van der Waals surface area contributed by atoms with E-state index >= 15 is 0 Å². The summed E-state index contributed by atoms with van der Waals surface area (Å²) in [6, 6.07) is 3.92. The van der Waals surface area contributed by atoms with Crippen LogP contribution in [-0.2, 0) is 11.2 Å². The van der Waals surface area contributed by atoms with Crippen molar-refractivity contribution in [1.82, 2.24) is 4.98 Å². The molecule has 0 aliphatic rings. The molecule has 3 nitrogen and oxygen atoms in total. The summed E-state index contributed by atoms with van der Waals surface area (Å²) < 4.78 is 5.19. The van der Waals surface area contributed by atoms with Crippen LogP contribution in [0.1, 0.15) is 24.6 Å². The summed E-state index contributed by atoms with van der Waals surface area (Å²) in [5.74, 6) is 0. The summed E-state index contributed by atoms with van der Waals surface area (Å²) in [6.45, 7) is 5.28. The summed E-state index contributed by atoms with van der Waals surface area (Å²) in [7, 11) is 0. The number of aromatic nitrogens is 1. The van der Waals surface area contributed by atoms with Gasteiger partial charge in [0.25, 0.3) is 0 Å². The Kier molecular flexibility index (Phi) is 5.29. The first-order valence-corrected chi connectivity index (χ1v) is 5.40. The van der Waals surface area contributed by atoms with Gasteiger partial charge >= 0.3 is 0 Å². The molecule has 1 heterocycles. The van der Waals surface area contributed by atoms with Crippen LogP contribution >= 0.6 is 0 Å². The molecule has 1 aromatic heterocycles. The molecule has 1 atom stereocenters. The monoisotopic (exact) mass is 209 g/mol. The van der Waals surface area contributed by atoms with Gasteiger partial charge in [-0.2, -0.15) is 0 Å². The van der Waals surface area contributed by atoms with Crippen molar-refractivity contribution in [2.75, 3.05) is 13.2 Å². The van der Waals surface area contributed by atoms with Crippen LogP contribution in [0.15, 0.2) is 18.3 Å². The highest BCUT2D eigenvalue weighted by molar-refractivity contribution is 5.18. The van der Waals surface area contributed by atoms with Gasteiger partial charge in [0, 0.05) is 31.5 Å². The van der Waals surface area contributed by atoms with E-state index in [1.54, 1.807) is 6.20 Å². The van der Waals surface area contributed by atoms with Crippen LogP contribution in [0.4, 0.5) is 0 Å². The Bertz CT molecular complexity index is 289. The second-order valence-electron chi connectivity index (χ2n) is 3.61. The minimum atomic E-state index is -0.356. The lowest BCUT2D eigenvalue weighted by molar-refractivity contribution is 0.0882. The van der Waals surface area contributed by atoms with Gasteiger partial charge < -0.3 is 9.84 Å². The van der Waals surface area contributed by atoms with E-state index in [1.165, 1.54) is 0 Å². The van der Waals surface area contributed by atoms with Crippen molar-refractivity contribution in [3.05, 3.63) is 29.6 Å². The Morgan fingerprint density at radius 2 is 2.33 bits per heavy atom. The molecule has 1 N–H and O–H groups in total. The summed E-state index contributed by atoms with van der Waals surface area (Å²) in [5, 5.41) is 9.73. The molecule has 84 valence electrons. The molecule has 0 bridgehead atoms. The van der Waals surface area contributed by atoms with Gasteiger partial charge in [-0.25, -0.2) is 0 Å². The van der Waals surface area contributed by atoms with Crippen molar-refractivity contribution in [3.63, 3.8) is 0 Å². The maximum Gasteiger partial charge on any atom is 0.0617 e. The van der Waals surface area contributed by atoms with E-state index in [4.69, 9.17) is 4.74 Å². The molecule has 0 aromatic carbocycles. The van der Waals surface area contributed by atoms with Gasteiger partial charge in [0.1, 0.15) is 0 Å². The number of nitrogens with zero attached hydrogens (tertiary/aromatic N) is 1. The molecule has 0 aliphatic heterocycles. The highest BCUT2D eigenvalue weighted by Crippen LogP contribution is 2.08. The number of ether oxygens (including phenoxy) is 1. The van der Waals surface area contributed by atoms with Gasteiger partial charge in [0.2, 0.25) is 0 Å². The van der Waals surface area contributed by atoms with E-state index in [2.05, 4.69) is 4.98 Å². The summed E-state index contributed by atoms with van der Waals surface area (Å²) in [4.78, 5) is 4.25. The maximum absolute atomic E-state index is 9.73. The van der Waals surface area contributed by atoms with Crippen molar-refractivity contribution in [1.29, 1.82) is 0 Å². The molecule has 0 fully saturated rings. The highest BCUT2D eigenvalue weighted by atomic mass is 16.5. The summed E-state index contributed by atoms with van der Waals surface area (Å²) in [6.07, 6.45) is 2.69. The van der Waals surface area contributed by atoms with Crippen LogP contribution in [0, 0.1) is 6.92 Å². The fraction of sp³-hybridized carbons (Fsp3) is 0.583. The third kappa shape index (κ3) is 4.40. The van der Waals surface area contributed by atoms with E-state index in [1.807, 2.05) is 26.0 Å². The number of hydrogen-bond acceptors (Lipinski definition) is 3. The van der Waals surface area contributed by atoms with E-state index < -0.39 is 0 Å². The SMILES string of the molecule is CCOCCC(O)Cc1ncccc1C. The first-order valence-electron chi connectivity index (χ1n) is 5.40. The standard InChI is InChI=1S/C12H19NO2/c1-3-15-8-6-11(14)9-12-10(2)5-4-7-13-12/h4-5,7,11,14H,3,6,8-9H2,1-2H3. The molecule has 1 unspecified atom stereocenters. The molecule has 3 heteroatoms. The third-order valence-corrected chi connectivity index (χ3v) is 2.35. The second-order valence-corrected chi connectivity index (χ2v) is 3.61. The number of aryl methyl sites for hydroxylation is 1. The van der Waals surface area contributed by atoms with Gasteiger partial charge in [-0.3, -0.25) is 4.98 Å². The smallest absolute Gasteiger partial charge is 0.0617 e. The Morgan fingerprint density at radius 1 is 1.53 bits per heavy atom. The first-order chi connectivity index (χ1) is 7.24. The zero-order valence-electron chi connectivity index (χ0n) is 9.44. The van der Waals surface area contributed by atoms with Crippen molar-refractivity contribution in [2.45, 2.75) is 32.8 Å². The average molecular weight is 209 g/mol. The fourth-order valence-corrected chi connectivity index (χ4v) is 1.42. The molecule has 0 amide bonds. The minimum absolute atomic E-state index is 0.356. The van der Waals surface area contributed by atoms with Crippen molar-refractivity contribution >= 4 is 0 Å². The van der Waals surface area contributed by atoms with Gasteiger partial charge in [-0.05, 0) is 31.9 Å². The fourth-order valence-electron chi connectivity index (χ4n) is 1.42. The van der Waals surface area contributed by atoms with Crippen LogP contribution in [0.25, 0.3) is 0 Å². The van der Waals surface area contributed by atoms with Gasteiger partial charge in [-0.15, -0.1) is 0 Å². The Balaban J connectivity index is 2.37. The largest absolute Gasteiger partial charge is 0.393 e. The molecule has 0 spiro atoms. The minimum Gasteiger partial charge on any atom is -0.393 e. The summed E-state index contributed by atoms with van der Waals surface area (Å²) >= 11 is 0. The molecule has 15 heavy (non-hydrogen) atoms. The van der Waals surface area contributed by atoms with Crippen LogP contribution in [-0.4, -0.2) is 29.4 Å². The molecule has 0 aliphatic carbocycles. The summed E-state index contributed by atoms with van der Waals surface area (Å²) in [5.41, 5.74) is 2.11. The average Bonchev–Trinajstić information content (AvgIpc) is 2.22. The molecular weight excluding hydrogens is 190 g/mol. The quantitative estimate of drug-likeness (QED) is 0.725. The molecule has 1 aromatic rings. The Morgan fingerprint density at radius 3 is 3.00 bits per heavy atom. The third-order valence-electron chi connectivity index (χ3n) is 2.35. The number of rotatable bonds is 6. The van der Waals surface area contributed by atoms with Gasteiger partial charge in [0.05, 0.1) is 6.10 Å². The molecule has 0 saturated carbocycles. The van der Waals surface area contributed by atoms with E-state index in [0.29, 0.717) is 26.1 Å². The Hall–Kier alpha value is -0.930. The lowest BCUT2D eigenvalue weighted by Gasteiger charge is -2.11. The second kappa shape index (κ2) is 6.53. The van der Waals surface area contributed by atoms with Gasteiger partial charge in [0.15, 0.2) is 0 Å². The topological polar surface area (TPSA) is 42.4 Å². The van der Waals surface area contributed by atoms with Crippen LogP contribution in [0.2, 0.25) is 0 Å². The predicted octanol–water partition coefficient (Wildman–Crippen LogP) is 1.72. The van der Waals surface area contributed by atoms with E-state index in [0.717, 1.165) is 11.3 Å². The normalized spacial score (nSPS) is 12.7. The zero-order valence-corrected chi connectivity index (χ0v) is 9.44. The number of pyridine rings is 1. The maximum atomic E-state index is 9.73. The zero-order chi connectivity index (χ0) is 11.1. The van der Waals surface area contributed by atoms with Gasteiger partial charge in [-0.1, -0.05) is 6.07 Å². The number of hydrogen-bond donors (Lipinski definition) is 1. The molecular formula is C12H19NO2. The molecule has 1 rings (SSSR count). The Labute approximate surface area is 91.1 Å². The lowest BCUT2D eigenvalue weighted by atomic mass is 10.1. The van der Waals surface area contributed by atoms with Crippen molar-refractivity contribution in [2.24, 2.45) is 0 Å². The van der Waals surface area contributed by atoms with E-state index in [-0.39, 0.29) is 6.10 Å². The number of aliphatic hydroxyl groups is 1. The first kappa shape index (κ1) is 12.1. The highest BCUT2D eigenvalue weighted by Gasteiger charge is 2.07.